The van der Waals surface area contributed by atoms with Crippen molar-refractivity contribution in [2.24, 2.45) is 0 Å². The Bertz CT molecular complexity index is 694. The Balaban J connectivity index is 2.59. The van der Waals surface area contributed by atoms with Crippen LogP contribution in [0.3, 0.4) is 0 Å². The standard InChI is InChI=1S/C14H11BrN2O2S/c1-3-17-13(18)10(6-9-4-5-12(15)20-9)8(2)11(7-16)14(17)19/h4-6H,3H2,1-2H3/b10-6-. The van der Waals surface area contributed by atoms with Crippen LogP contribution in [0, 0.1) is 11.3 Å². The summed E-state index contributed by atoms with van der Waals surface area (Å²) in [6, 6.07) is 5.66. The van der Waals surface area contributed by atoms with Gasteiger partial charge >= 0.3 is 0 Å². The lowest BCUT2D eigenvalue weighted by Gasteiger charge is -2.26. The highest BCUT2D eigenvalue weighted by molar-refractivity contribution is 9.11. The van der Waals surface area contributed by atoms with Crippen LogP contribution in [0.5, 0.6) is 0 Å². The van der Waals surface area contributed by atoms with Crippen molar-refractivity contribution in [2.45, 2.75) is 13.8 Å². The summed E-state index contributed by atoms with van der Waals surface area (Å²) < 4.78 is 0.957. The molecule has 0 aliphatic carbocycles. The van der Waals surface area contributed by atoms with Crippen molar-refractivity contribution in [1.29, 1.82) is 5.26 Å². The number of halogens is 1. The van der Waals surface area contributed by atoms with Crippen LogP contribution in [0.1, 0.15) is 18.7 Å². The number of hydrogen-bond acceptors (Lipinski definition) is 4. The summed E-state index contributed by atoms with van der Waals surface area (Å²) >= 11 is 4.85. The summed E-state index contributed by atoms with van der Waals surface area (Å²) in [5.41, 5.74) is 0.877. The Morgan fingerprint density at radius 3 is 2.60 bits per heavy atom. The molecule has 6 heteroatoms. The molecule has 1 aromatic rings. The minimum atomic E-state index is -0.512. The van der Waals surface area contributed by atoms with Crippen LogP contribution < -0.4 is 0 Å². The number of thiophene rings is 1. The summed E-state index contributed by atoms with van der Waals surface area (Å²) in [6.45, 7) is 3.60. The molecule has 0 radical (unpaired) electrons. The Hall–Kier alpha value is -1.71. The molecule has 0 atom stereocenters. The van der Waals surface area contributed by atoms with Crippen LogP contribution in [0.4, 0.5) is 0 Å². The maximum absolute atomic E-state index is 12.3. The SMILES string of the molecule is CCN1C(=O)C(C#N)=C(C)/C(=C/c2ccc(Br)s2)C1=O. The average molecular weight is 351 g/mol. The third kappa shape index (κ3) is 2.47. The molecule has 1 aliphatic rings. The van der Waals surface area contributed by atoms with Crippen LogP contribution in [0.25, 0.3) is 6.08 Å². The number of nitrogens with zero attached hydrogens (tertiary/aromatic N) is 2. The monoisotopic (exact) mass is 350 g/mol. The summed E-state index contributed by atoms with van der Waals surface area (Å²) in [5, 5.41) is 9.12. The van der Waals surface area contributed by atoms with Crippen molar-refractivity contribution in [3.63, 3.8) is 0 Å². The van der Waals surface area contributed by atoms with Crippen molar-refractivity contribution in [2.75, 3.05) is 6.54 Å². The second-order valence-corrected chi connectivity index (χ2v) is 6.66. The average Bonchev–Trinajstić information content (AvgIpc) is 2.81. The number of nitriles is 1. The molecule has 0 spiro atoms. The van der Waals surface area contributed by atoms with Crippen molar-refractivity contribution in [1.82, 2.24) is 4.90 Å². The van der Waals surface area contributed by atoms with E-state index in [0.717, 1.165) is 13.6 Å². The van der Waals surface area contributed by atoms with E-state index < -0.39 is 5.91 Å². The Morgan fingerprint density at radius 1 is 1.40 bits per heavy atom. The van der Waals surface area contributed by atoms with E-state index in [1.54, 1.807) is 19.9 Å². The van der Waals surface area contributed by atoms with E-state index >= 15 is 0 Å². The zero-order valence-electron chi connectivity index (χ0n) is 10.9. The van der Waals surface area contributed by atoms with Gasteiger partial charge in [0.2, 0.25) is 0 Å². The molecule has 20 heavy (non-hydrogen) atoms. The number of rotatable bonds is 2. The second kappa shape index (κ2) is 5.73. The van der Waals surface area contributed by atoms with Gasteiger partial charge in [0.1, 0.15) is 11.6 Å². The van der Waals surface area contributed by atoms with Crippen molar-refractivity contribution in [3.05, 3.63) is 37.5 Å². The zero-order valence-corrected chi connectivity index (χ0v) is 13.3. The normalized spacial score (nSPS) is 17.9. The van der Waals surface area contributed by atoms with Gasteiger partial charge in [-0.25, -0.2) is 0 Å². The van der Waals surface area contributed by atoms with Gasteiger partial charge in [0.05, 0.1) is 3.79 Å². The van der Waals surface area contributed by atoms with E-state index in [4.69, 9.17) is 5.26 Å². The molecule has 0 saturated carbocycles. The van der Waals surface area contributed by atoms with E-state index in [1.807, 2.05) is 18.2 Å². The largest absolute Gasteiger partial charge is 0.274 e. The molecule has 102 valence electrons. The van der Waals surface area contributed by atoms with Gasteiger partial charge in [0, 0.05) is 17.0 Å². The minimum Gasteiger partial charge on any atom is -0.274 e. The van der Waals surface area contributed by atoms with Crippen molar-refractivity contribution in [3.8, 4) is 6.07 Å². The second-order valence-electron chi connectivity index (χ2n) is 4.17. The number of imide groups is 1. The van der Waals surface area contributed by atoms with Gasteiger partial charge in [-0.1, -0.05) is 0 Å². The van der Waals surface area contributed by atoms with Crippen LogP contribution in [-0.2, 0) is 9.59 Å². The Labute approximate surface area is 129 Å². The first kappa shape index (κ1) is 14.7. The zero-order chi connectivity index (χ0) is 14.9. The van der Waals surface area contributed by atoms with Crippen molar-refractivity contribution < 1.29 is 9.59 Å². The third-order valence-electron chi connectivity index (χ3n) is 3.02. The molecule has 0 aromatic carbocycles. The lowest BCUT2D eigenvalue weighted by Crippen LogP contribution is -2.42. The van der Waals surface area contributed by atoms with E-state index in [1.165, 1.54) is 11.3 Å². The Kier molecular flexibility index (Phi) is 4.21. The van der Waals surface area contributed by atoms with Gasteiger partial charge in [-0.05, 0) is 53.6 Å². The first-order valence-corrected chi connectivity index (χ1v) is 7.55. The first-order chi connectivity index (χ1) is 9.49. The van der Waals surface area contributed by atoms with Gasteiger partial charge in [0.25, 0.3) is 11.8 Å². The molecule has 2 amide bonds. The lowest BCUT2D eigenvalue weighted by atomic mass is 9.95. The Morgan fingerprint density at radius 2 is 2.10 bits per heavy atom. The molecule has 1 aromatic heterocycles. The first-order valence-electron chi connectivity index (χ1n) is 5.94. The number of carbonyl (C=O) groups excluding carboxylic acids is 2. The van der Waals surface area contributed by atoms with E-state index in [9.17, 15) is 9.59 Å². The van der Waals surface area contributed by atoms with Gasteiger partial charge in [-0.15, -0.1) is 11.3 Å². The number of amides is 2. The summed E-state index contributed by atoms with van der Waals surface area (Å²) in [4.78, 5) is 26.3. The fraction of sp³-hybridized carbons (Fsp3) is 0.214. The topological polar surface area (TPSA) is 61.2 Å². The quantitative estimate of drug-likeness (QED) is 0.608. The van der Waals surface area contributed by atoms with Crippen molar-refractivity contribution >= 4 is 45.2 Å². The summed E-state index contributed by atoms with van der Waals surface area (Å²) in [6.07, 6.45) is 1.72. The van der Waals surface area contributed by atoms with Gasteiger partial charge in [0.15, 0.2) is 0 Å². The minimum absolute atomic E-state index is 0.0355. The third-order valence-corrected chi connectivity index (χ3v) is 4.59. The molecule has 1 aliphatic heterocycles. The maximum Gasteiger partial charge on any atom is 0.271 e. The molecular weight excluding hydrogens is 340 g/mol. The molecule has 4 nitrogen and oxygen atoms in total. The fourth-order valence-corrected chi connectivity index (χ4v) is 3.33. The molecule has 0 bridgehead atoms. The van der Waals surface area contributed by atoms with Crippen LogP contribution in [0.2, 0.25) is 0 Å². The molecule has 0 saturated heterocycles. The molecule has 0 N–H and O–H groups in total. The van der Waals surface area contributed by atoms with Gasteiger partial charge in [-0.3, -0.25) is 14.5 Å². The number of likely N-dealkylation sites (N-methyl/N-ethyl adjacent to an activating group) is 1. The number of hydrogen-bond donors (Lipinski definition) is 0. The molecule has 0 fully saturated rings. The molecule has 0 unspecified atom stereocenters. The van der Waals surface area contributed by atoms with Gasteiger partial charge < -0.3 is 0 Å². The fourth-order valence-electron chi connectivity index (χ4n) is 1.97. The lowest BCUT2D eigenvalue weighted by molar-refractivity contribution is -0.140. The highest BCUT2D eigenvalue weighted by Crippen LogP contribution is 2.30. The van der Waals surface area contributed by atoms with E-state index in [-0.39, 0.29) is 18.0 Å². The van der Waals surface area contributed by atoms with Gasteiger partial charge in [-0.2, -0.15) is 5.26 Å². The van der Waals surface area contributed by atoms with E-state index in [0.29, 0.717) is 11.1 Å². The highest BCUT2D eigenvalue weighted by Gasteiger charge is 2.34. The maximum atomic E-state index is 12.3. The van der Waals surface area contributed by atoms with Crippen LogP contribution in [0.15, 0.2) is 32.6 Å². The summed E-state index contributed by atoms with van der Waals surface area (Å²) in [5.74, 6) is -0.861. The van der Waals surface area contributed by atoms with E-state index in [2.05, 4.69) is 15.9 Å². The van der Waals surface area contributed by atoms with Crippen LogP contribution in [-0.4, -0.2) is 23.3 Å². The molecule has 2 rings (SSSR count). The smallest absolute Gasteiger partial charge is 0.271 e. The summed E-state index contributed by atoms with van der Waals surface area (Å²) in [7, 11) is 0. The molecular formula is C14H11BrN2O2S. The predicted octanol–water partition coefficient (Wildman–Crippen LogP) is 3.12. The van der Waals surface area contributed by atoms with Crippen LogP contribution >= 0.6 is 27.3 Å². The highest BCUT2D eigenvalue weighted by atomic mass is 79.9. The number of carbonyl (C=O) groups is 2. The molecule has 2 heterocycles. The predicted molar refractivity (Wildman–Crippen MR) is 80.7 cm³/mol.